The summed E-state index contributed by atoms with van der Waals surface area (Å²) in [7, 11) is 0. The maximum absolute atomic E-state index is 11.6. The first-order chi connectivity index (χ1) is 6.68. The van der Waals surface area contributed by atoms with E-state index in [1.165, 1.54) is 0 Å². The Hall–Kier alpha value is -0.730. The molecule has 3 heteroatoms. The Morgan fingerprint density at radius 2 is 1.73 bits per heavy atom. The Balaban J connectivity index is 2.36. The van der Waals surface area contributed by atoms with Crippen molar-refractivity contribution in [1.29, 1.82) is 0 Å². The Kier molecular flexibility index (Phi) is 3.31. The lowest BCUT2D eigenvalue weighted by molar-refractivity contribution is 0.210. The van der Waals surface area contributed by atoms with E-state index >= 15 is 0 Å². The minimum atomic E-state index is -0.142. The molecule has 2 N–H and O–H groups in total. The summed E-state index contributed by atoms with van der Waals surface area (Å²) < 4.78 is 0. The molecule has 0 unspecified atom stereocenters. The van der Waals surface area contributed by atoms with Gasteiger partial charge >= 0.3 is 6.03 Å². The van der Waals surface area contributed by atoms with Crippen LogP contribution in [0.3, 0.4) is 0 Å². The van der Waals surface area contributed by atoms with Crippen LogP contribution >= 0.6 is 0 Å². The fourth-order valence-electron chi connectivity index (χ4n) is 2.13. The van der Waals surface area contributed by atoms with Crippen molar-refractivity contribution in [2.45, 2.75) is 65.5 Å². The van der Waals surface area contributed by atoms with Crippen LogP contribution in [0.4, 0.5) is 4.79 Å². The highest BCUT2D eigenvalue weighted by atomic mass is 16.2. The first kappa shape index (κ1) is 12.3. The quantitative estimate of drug-likeness (QED) is 0.742. The van der Waals surface area contributed by atoms with Crippen molar-refractivity contribution in [1.82, 2.24) is 10.6 Å². The summed E-state index contributed by atoms with van der Waals surface area (Å²) in [6, 6.07) is 0.405. The van der Waals surface area contributed by atoms with Gasteiger partial charge in [0.25, 0.3) is 0 Å². The van der Waals surface area contributed by atoms with Gasteiger partial charge < -0.3 is 10.6 Å². The third-order valence-corrected chi connectivity index (χ3v) is 2.34. The molecule has 1 saturated carbocycles. The number of hydrogen-bond donors (Lipinski definition) is 2. The highest BCUT2D eigenvalue weighted by Gasteiger charge is 2.29. The van der Waals surface area contributed by atoms with Crippen LogP contribution in [0.25, 0.3) is 0 Å². The first-order valence-electron chi connectivity index (χ1n) is 5.77. The second-order valence-corrected chi connectivity index (χ2v) is 6.49. The van der Waals surface area contributed by atoms with Crippen molar-refractivity contribution in [2.24, 2.45) is 5.41 Å². The SMILES string of the molecule is CC(C)(C)CC(C)(C)NC(=O)NC1CC1. The lowest BCUT2D eigenvalue weighted by Crippen LogP contribution is -2.50. The molecular formula is C12H24N2O. The van der Waals surface area contributed by atoms with Gasteiger partial charge in [0.2, 0.25) is 0 Å². The van der Waals surface area contributed by atoms with Gasteiger partial charge in [0.05, 0.1) is 0 Å². The van der Waals surface area contributed by atoms with Gasteiger partial charge in [-0.25, -0.2) is 4.79 Å². The predicted octanol–water partition coefficient (Wildman–Crippen LogP) is 2.66. The Bertz CT molecular complexity index is 236. The summed E-state index contributed by atoms with van der Waals surface area (Å²) in [6.45, 7) is 10.7. The number of amides is 2. The van der Waals surface area contributed by atoms with Crippen molar-refractivity contribution in [3.8, 4) is 0 Å². The molecule has 0 atom stereocenters. The molecule has 1 aliphatic rings. The van der Waals surface area contributed by atoms with Gasteiger partial charge in [0.1, 0.15) is 0 Å². The maximum atomic E-state index is 11.6. The normalized spacial score (nSPS) is 17.4. The summed E-state index contributed by atoms with van der Waals surface area (Å²) in [6.07, 6.45) is 3.23. The van der Waals surface area contributed by atoms with Crippen molar-refractivity contribution in [3.63, 3.8) is 0 Å². The van der Waals surface area contributed by atoms with Gasteiger partial charge in [-0.1, -0.05) is 20.8 Å². The van der Waals surface area contributed by atoms with E-state index in [9.17, 15) is 4.79 Å². The van der Waals surface area contributed by atoms with Crippen LogP contribution in [0.2, 0.25) is 0 Å². The van der Waals surface area contributed by atoms with E-state index in [2.05, 4.69) is 45.3 Å². The molecule has 1 fully saturated rings. The van der Waals surface area contributed by atoms with E-state index in [4.69, 9.17) is 0 Å². The average molecular weight is 212 g/mol. The largest absolute Gasteiger partial charge is 0.335 e. The van der Waals surface area contributed by atoms with E-state index in [0.29, 0.717) is 6.04 Å². The molecule has 2 amide bonds. The maximum Gasteiger partial charge on any atom is 0.315 e. The minimum Gasteiger partial charge on any atom is -0.335 e. The van der Waals surface area contributed by atoms with Crippen molar-refractivity contribution in [2.75, 3.05) is 0 Å². The molecule has 1 rings (SSSR count). The Labute approximate surface area is 93.0 Å². The van der Waals surface area contributed by atoms with E-state index in [0.717, 1.165) is 19.3 Å². The second kappa shape index (κ2) is 4.03. The van der Waals surface area contributed by atoms with Crippen LogP contribution in [0.5, 0.6) is 0 Å². The topological polar surface area (TPSA) is 41.1 Å². The van der Waals surface area contributed by atoms with Crippen molar-refractivity contribution < 1.29 is 4.79 Å². The number of hydrogen-bond acceptors (Lipinski definition) is 1. The molecule has 0 radical (unpaired) electrons. The van der Waals surface area contributed by atoms with Gasteiger partial charge in [-0.2, -0.15) is 0 Å². The van der Waals surface area contributed by atoms with Crippen molar-refractivity contribution in [3.05, 3.63) is 0 Å². The first-order valence-corrected chi connectivity index (χ1v) is 5.77. The van der Waals surface area contributed by atoms with Crippen LogP contribution in [-0.4, -0.2) is 17.6 Å². The molecule has 0 aromatic heterocycles. The number of carbonyl (C=O) groups is 1. The third-order valence-electron chi connectivity index (χ3n) is 2.34. The van der Waals surface area contributed by atoms with Crippen LogP contribution in [0.1, 0.15) is 53.9 Å². The number of rotatable bonds is 3. The van der Waals surface area contributed by atoms with Crippen LogP contribution in [0, 0.1) is 5.41 Å². The zero-order chi connectivity index (χ0) is 11.7. The molecule has 0 saturated heterocycles. The lowest BCUT2D eigenvalue weighted by atomic mass is 9.82. The standard InChI is InChI=1S/C12H24N2O/c1-11(2,3)8-12(4,5)14-10(15)13-9-6-7-9/h9H,6-8H2,1-5H3,(H2,13,14,15). The van der Waals surface area contributed by atoms with Gasteiger partial charge in [-0.3, -0.25) is 0 Å². The van der Waals surface area contributed by atoms with E-state index < -0.39 is 0 Å². The van der Waals surface area contributed by atoms with Crippen molar-refractivity contribution >= 4 is 6.03 Å². The summed E-state index contributed by atoms with van der Waals surface area (Å²) in [5.41, 5.74) is 0.0909. The van der Waals surface area contributed by atoms with E-state index in [1.807, 2.05) is 0 Å². The molecule has 3 nitrogen and oxygen atoms in total. The Morgan fingerprint density at radius 1 is 1.20 bits per heavy atom. The molecule has 0 aromatic rings. The van der Waals surface area contributed by atoms with Crippen LogP contribution in [-0.2, 0) is 0 Å². The summed E-state index contributed by atoms with van der Waals surface area (Å²) >= 11 is 0. The smallest absolute Gasteiger partial charge is 0.315 e. The van der Waals surface area contributed by atoms with Gasteiger partial charge in [-0.05, 0) is 38.5 Å². The predicted molar refractivity (Wildman–Crippen MR) is 62.8 cm³/mol. The molecule has 0 aromatic carbocycles. The van der Waals surface area contributed by atoms with Crippen LogP contribution in [0.15, 0.2) is 0 Å². The molecule has 0 bridgehead atoms. The monoisotopic (exact) mass is 212 g/mol. The van der Waals surface area contributed by atoms with E-state index in [1.54, 1.807) is 0 Å². The minimum absolute atomic E-state index is 0.0215. The fraction of sp³-hybridized carbons (Fsp3) is 0.917. The molecule has 88 valence electrons. The number of nitrogens with one attached hydrogen (secondary N) is 2. The molecule has 1 aliphatic carbocycles. The molecule has 15 heavy (non-hydrogen) atoms. The number of carbonyl (C=O) groups excluding carboxylic acids is 1. The zero-order valence-electron chi connectivity index (χ0n) is 10.6. The lowest BCUT2D eigenvalue weighted by Gasteiger charge is -2.33. The zero-order valence-corrected chi connectivity index (χ0v) is 10.6. The second-order valence-electron chi connectivity index (χ2n) is 6.49. The van der Waals surface area contributed by atoms with Gasteiger partial charge in [0.15, 0.2) is 0 Å². The highest BCUT2D eigenvalue weighted by Crippen LogP contribution is 2.27. The average Bonchev–Trinajstić information content (AvgIpc) is 2.61. The summed E-state index contributed by atoms with van der Waals surface area (Å²) in [5, 5.41) is 5.98. The molecular weight excluding hydrogens is 188 g/mol. The van der Waals surface area contributed by atoms with Crippen LogP contribution < -0.4 is 10.6 Å². The Morgan fingerprint density at radius 3 is 2.13 bits per heavy atom. The summed E-state index contributed by atoms with van der Waals surface area (Å²) in [5.74, 6) is 0. The van der Waals surface area contributed by atoms with E-state index in [-0.39, 0.29) is 17.0 Å². The van der Waals surface area contributed by atoms with Gasteiger partial charge in [-0.15, -0.1) is 0 Å². The molecule has 0 aliphatic heterocycles. The highest BCUT2D eigenvalue weighted by molar-refractivity contribution is 5.75. The summed E-state index contributed by atoms with van der Waals surface area (Å²) in [4.78, 5) is 11.6. The molecule has 0 heterocycles. The number of urea groups is 1. The third kappa shape index (κ3) is 5.65. The fourth-order valence-corrected chi connectivity index (χ4v) is 2.13. The van der Waals surface area contributed by atoms with Gasteiger partial charge in [0, 0.05) is 11.6 Å². The molecule has 0 spiro atoms.